The third kappa shape index (κ3) is 6.87. The first-order chi connectivity index (χ1) is 11.0. The molecule has 134 valence electrons. The molecule has 1 N–H and O–H groups in total. The van der Waals surface area contributed by atoms with Gasteiger partial charge in [0.25, 0.3) is 0 Å². The first-order valence-electron chi connectivity index (χ1n) is 9.27. The van der Waals surface area contributed by atoms with Crippen molar-refractivity contribution >= 4 is 27.5 Å². The summed E-state index contributed by atoms with van der Waals surface area (Å²) < 4.78 is 0. The predicted octanol–water partition coefficient (Wildman–Crippen LogP) is 4.33. The third-order valence-corrected chi connectivity index (χ3v) is 8.15. The molecule has 3 nitrogen and oxygen atoms in total. The monoisotopic (exact) mass is 358 g/mol. The number of carbonyl (C=O) groups is 1. The molecule has 0 aromatic rings. The molecule has 0 bridgehead atoms. The minimum Gasteiger partial charge on any atom is -0.354 e. The average Bonchev–Trinajstić information content (AvgIpc) is 3.03. The molecule has 2 rings (SSSR count). The van der Waals surface area contributed by atoms with Gasteiger partial charge in [0.05, 0.1) is 0 Å². The lowest BCUT2D eigenvalue weighted by molar-refractivity contribution is -0.121. The summed E-state index contributed by atoms with van der Waals surface area (Å²) in [4.78, 5) is 14.6. The maximum absolute atomic E-state index is 12.1. The number of unbranched alkanes of at least 4 members (excludes halogenated alkanes) is 1. The van der Waals surface area contributed by atoms with E-state index in [0.717, 1.165) is 24.1 Å². The molecule has 0 radical (unpaired) electrons. The summed E-state index contributed by atoms with van der Waals surface area (Å²) in [6.07, 6.45) is 8.18. The molecule has 0 saturated carbocycles. The third-order valence-electron chi connectivity index (χ3n) is 5.14. The molecule has 0 aromatic carbocycles. The van der Waals surface area contributed by atoms with E-state index in [1.807, 2.05) is 21.6 Å². The molecular weight excluding hydrogens is 324 g/mol. The molecule has 1 amide bonds. The number of piperidine rings is 1. The van der Waals surface area contributed by atoms with E-state index in [0.29, 0.717) is 6.42 Å². The van der Waals surface area contributed by atoms with Crippen LogP contribution in [0.1, 0.15) is 65.7 Å². The van der Waals surface area contributed by atoms with E-state index in [-0.39, 0.29) is 11.4 Å². The van der Waals surface area contributed by atoms with Gasteiger partial charge < -0.3 is 5.32 Å². The van der Waals surface area contributed by atoms with E-state index in [4.69, 9.17) is 0 Å². The molecule has 2 unspecified atom stereocenters. The van der Waals surface area contributed by atoms with Gasteiger partial charge in [-0.3, -0.25) is 9.69 Å². The lowest BCUT2D eigenvalue weighted by Gasteiger charge is -2.43. The van der Waals surface area contributed by atoms with Crippen molar-refractivity contribution < 1.29 is 4.79 Å². The Labute approximate surface area is 150 Å². The van der Waals surface area contributed by atoms with E-state index in [1.54, 1.807) is 0 Å². The van der Waals surface area contributed by atoms with Crippen LogP contribution >= 0.6 is 21.6 Å². The van der Waals surface area contributed by atoms with Crippen molar-refractivity contribution in [3.8, 4) is 0 Å². The summed E-state index contributed by atoms with van der Waals surface area (Å²) >= 11 is 0. The lowest BCUT2D eigenvalue weighted by atomic mass is 9.93. The van der Waals surface area contributed by atoms with Crippen molar-refractivity contribution in [1.82, 2.24) is 10.2 Å². The number of carbonyl (C=O) groups excluding carboxylic acids is 1. The Morgan fingerprint density at radius 2 is 2.13 bits per heavy atom. The summed E-state index contributed by atoms with van der Waals surface area (Å²) in [5.41, 5.74) is 0.0715. The Bertz CT molecular complexity index is 370. The van der Waals surface area contributed by atoms with Crippen LogP contribution in [0.15, 0.2) is 0 Å². The zero-order valence-corrected chi connectivity index (χ0v) is 16.7. The topological polar surface area (TPSA) is 32.3 Å². The van der Waals surface area contributed by atoms with Gasteiger partial charge in [-0.05, 0) is 58.4 Å². The second-order valence-corrected chi connectivity index (χ2v) is 10.6. The molecule has 0 aromatic heterocycles. The van der Waals surface area contributed by atoms with Crippen LogP contribution in [0.5, 0.6) is 0 Å². The number of hydrogen-bond acceptors (Lipinski definition) is 4. The fourth-order valence-electron chi connectivity index (χ4n) is 3.48. The zero-order chi connectivity index (χ0) is 16.7. The van der Waals surface area contributed by atoms with Gasteiger partial charge in [0, 0.05) is 36.1 Å². The zero-order valence-electron chi connectivity index (χ0n) is 15.1. The maximum atomic E-state index is 12.1. The van der Waals surface area contributed by atoms with Crippen LogP contribution in [0.4, 0.5) is 0 Å². The van der Waals surface area contributed by atoms with E-state index in [2.05, 4.69) is 31.0 Å². The fraction of sp³-hybridized carbons (Fsp3) is 0.944. The van der Waals surface area contributed by atoms with Gasteiger partial charge in [-0.2, -0.15) is 0 Å². The van der Waals surface area contributed by atoms with Gasteiger partial charge in [-0.15, -0.1) is 0 Å². The summed E-state index contributed by atoms with van der Waals surface area (Å²) in [6, 6.07) is 0. The summed E-state index contributed by atoms with van der Waals surface area (Å²) in [6.45, 7) is 9.97. The van der Waals surface area contributed by atoms with Gasteiger partial charge in [0.15, 0.2) is 0 Å². The van der Waals surface area contributed by atoms with Crippen LogP contribution in [-0.2, 0) is 4.79 Å². The number of rotatable bonds is 8. The molecule has 2 saturated heterocycles. The molecular formula is C18H34N2OS2. The highest BCUT2D eigenvalue weighted by Crippen LogP contribution is 2.39. The van der Waals surface area contributed by atoms with E-state index >= 15 is 0 Å². The van der Waals surface area contributed by atoms with Crippen molar-refractivity contribution in [3.63, 3.8) is 0 Å². The molecule has 2 fully saturated rings. The summed E-state index contributed by atoms with van der Waals surface area (Å²) in [7, 11) is 4.05. The molecule has 2 aliphatic rings. The number of amides is 1. The largest absolute Gasteiger partial charge is 0.354 e. The van der Waals surface area contributed by atoms with Crippen LogP contribution in [0.2, 0.25) is 0 Å². The van der Waals surface area contributed by atoms with Gasteiger partial charge in [0.1, 0.15) is 0 Å². The Kier molecular flexibility index (Phi) is 8.10. The highest BCUT2D eigenvalue weighted by molar-refractivity contribution is 8.77. The van der Waals surface area contributed by atoms with Crippen molar-refractivity contribution in [2.75, 3.05) is 25.4 Å². The standard InChI is InChI=1S/C18H34N2OS2/c1-15-7-6-11-20(13-15)18(2,3)14-19-17(21)9-5-4-8-16-10-12-22-23-16/h15-16H,4-14H2,1-3H3,(H,19,21). The Balaban J connectivity index is 1.58. The van der Waals surface area contributed by atoms with Crippen LogP contribution in [-0.4, -0.2) is 47.0 Å². The first kappa shape index (κ1) is 19.5. The normalized spacial score (nSPS) is 26.4. The van der Waals surface area contributed by atoms with E-state index < -0.39 is 0 Å². The summed E-state index contributed by atoms with van der Waals surface area (Å²) in [5, 5.41) is 4.01. The highest BCUT2D eigenvalue weighted by Gasteiger charge is 2.30. The second kappa shape index (κ2) is 9.57. The van der Waals surface area contributed by atoms with Gasteiger partial charge in [-0.25, -0.2) is 0 Å². The van der Waals surface area contributed by atoms with Crippen LogP contribution in [0.25, 0.3) is 0 Å². The fourth-order valence-corrected chi connectivity index (χ4v) is 6.50. The Morgan fingerprint density at radius 3 is 2.83 bits per heavy atom. The number of likely N-dealkylation sites (tertiary alicyclic amines) is 1. The van der Waals surface area contributed by atoms with Gasteiger partial charge in [-0.1, -0.05) is 34.9 Å². The molecule has 0 aliphatic carbocycles. The van der Waals surface area contributed by atoms with Crippen LogP contribution < -0.4 is 5.32 Å². The van der Waals surface area contributed by atoms with E-state index in [9.17, 15) is 4.79 Å². The number of nitrogens with one attached hydrogen (secondary N) is 1. The molecule has 23 heavy (non-hydrogen) atoms. The molecule has 2 heterocycles. The molecule has 2 aliphatic heterocycles. The van der Waals surface area contributed by atoms with Crippen LogP contribution in [0.3, 0.4) is 0 Å². The van der Waals surface area contributed by atoms with E-state index in [1.165, 1.54) is 50.9 Å². The maximum Gasteiger partial charge on any atom is 0.220 e. The van der Waals surface area contributed by atoms with Crippen LogP contribution in [0, 0.1) is 5.92 Å². The van der Waals surface area contributed by atoms with Crippen molar-refractivity contribution in [2.24, 2.45) is 5.92 Å². The first-order valence-corrected chi connectivity index (χ1v) is 11.7. The molecule has 0 spiro atoms. The predicted molar refractivity (Wildman–Crippen MR) is 104 cm³/mol. The number of nitrogens with zero attached hydrogens (tertiary/aromatic N) is 1. The SMILES string of the molecule is CC1CCCN(C(C)(C)CNC(=O)CCCCC2CCSS2)C1. The highest BCUT2D eigenvalue weighted by atomic mass is 33.1. The minimum atomic E-state index is 0.0715. The Hall–Kier alpha value is 0.130. The van der Waals surface area contributed by atoms with Gasteiger partial charge >= 0.3 is 0 Å². The van der Waals surface area contributed by atoms with Crippen molar-refractivity contribution in [1.29, 1.82) is 0 Å². The van der Waals surface area contributed by atoms with Crippen molar-refractivity contribution in [3.05, 3.63) is 0 Å². The average molecular weight is 359 g/mol. The minimum absolute atomic E-state index is 0.0715. The smallest absolute Gasteiger partial charge is 0.220 e. The Morgan fingerprint density at radius 1 is 1.30 bits per heavy atom. The number of hydrogen-bond donors (Lipinski definition) is 1. The molecule has 2 atom stereocenters. The second-order valence-electron chi connectivity index (χ2n) is 7.86. The molecule has 5 heteroatoms. The summed E-state index contributed by atoms with van der Waals surface area (Å²) in [5.74, 6) is 2.32. The quantitative estimate of drug-likeness (QED) is 0.517. The van der Waals surface area contributed by atoms with Crippen molar-refractivity contribution in [2.45, 2.75) is 76.5 Å². The van der Waals surface area contributed by atoms with Gasteiger partial charge in [0.2, 0.25) is 5.91 Å². The lowest BCUT2D eigenvalue weighted by Crippen LogP contribution is -2.54.